The Morgan fingerprint density at radius 1 is 1.28 bits per heavy atom. The Hall–Kier alpha value is -2.50. The number of rotatable bonds is 3. The van der Waals surface area contributed by atoms with E-state index in [1.807, 2.05) is 12.1 Å². The molecular formula is C12H10FN5. The van der Waals surface area contributed by atoms with Gasteiger partial charge in [0, 0.05) is 6.20 Å². The first-order valence-electron chi connectivity index (χ1n) is 5.47. The molecule has 0 aliphatic carbocycles. The molecular weight excluding hydrogens is 233 g/mol. The van der Waals surface area contributed by atoms with Crippen molar-refractivity contribution in [2.45, 2.75) is 6.54 Å². The Morgan fingerprint density at radius 2 is 2.22 bits per heavy atom. The fraction of sp³-hybridized carbons (Fsp3) is 0.0833. The van der Waals surface area contributed by atoms with Crippen molar-refractivity contribution in [3.8, 4) is 0 Å². The third-order valence-electron chi connectivity index (χ3n) is 2.51. The molecule has 0 aliphatic heterocycles. The molecule has 0 aliphatic rings. The van der Waals surface area contributed by atoms with Gasteiger partial charge in [-0.15, -0.1) is 0 Å². The van der Waals surface area contributed by atoms with Crippen molar-refractivity contribution in [1.82, 2.24) is 20.2 Å². The van der Waals surface area contributed by atoms with E-state index in [0.717, 1.165) is 11.2 Å². The molecule has 90 valence electrons. The minimum absolute atomic E-state index is 0.286. The molecule has 3 aromatic rings. The van der Waals surface area contributed by atoms with Gasteiger partial charge < -0.3 is 10.3 Å². The van der Waals surface area contributed by atoms with Crippen LogP contribution in [0.4, 0.5) is 10.3 Å². The van der Waals surface area contributed by atoms with Gasteiger partial charge in [-0.05, 0) is 30.3 Å². The molecule has 0 spiro atoms. The van der Waals surface area contributed by atoms with Gasteiger partial charge in [-0.3, -0.25) is 0 Å². The predicted octanol–water partition coefficient (Wildman–Crippen LogP) is 2.10. The molecule has 2 aromatic heterocycles. The van der Waals surface area contributed by atoms with E-state index in [1.165, 1.54) is 12.1 Å². The molecule has 0 saturated heterocycles. The van der Waals surface area contributed by atoms with Crippen molar-refractivity contribution < 1.29 is 4.39 Å². The van der Waals surface area contributed by atoms with E-state index in [1.54, 1.807) is 12.3 Å². The third-order valence-corrected chi connectivity index (χ3v) is 2.51. The van der Waals surface area contributed by atoms with Gasteiger partial charge >= 0.3 is 0 Å². The number of hydrogen-bond donors (Lipinski definition) is 2. The van der Waals surface area contributed by atoms with Gasteiger partial charge in [-0.25, -0.2) is 9.37 Å². The first-order valence-corrected chi connectivity index (χ1v) is 5.47. The largest absolute Gasteiger partial charge is 0.350 e. The molecule has 1 aromatic carbocycles. The van der Waals surface area contributed by atoms with Crippen LogP contribution < -0.4 is 5.32 Å². The minimum atomic E-state index is -0.286. The lowest BCUT2D eigenvalue weighted by Gasteiger charge is -2.00. The molecule has 0 fully saturated rings. The molecule has 0 amide bonds. The van der Waals surface area contributed by atoms with Crippen LogP contribution >= 0.6 is 0 Å². The molecule has 0 bridgehead atoms. The van der Waals surface area contributed by atoms with Crippen LogP contribution in [0.2, 0.25) is 0 Å². The first-order chi connectivity index (χ1) is 8.81. The van der Waals surface area contributed by atoms with E-state index in [2.05, 4.69) is 25.5 Å². The molecule has 0 saturated carbocycles. The monoisotopic (exact) mass is 243 g/mol. The number of halogens is 1. The Labute approximate surface area is 102 Å². The average molecular weight is 243 g/mol. The number of benzene rings is 1. The van der Waals surface area contributed by atoms with Crippen LogP contribution in [0, 0.1) is 5.82 Å². The second-order valence-electron chi connectivity index (χ2n) is 3.82. The summed E-state index contributed by atoms with van der Waals surface area (Å²) in [5.41, 5.74) is 2.19. The smallest absolute Gasteiger partial charge is 0.201 e. The topological polar surface area (TPSA) is 66.5 Å². The fourth-order valence-electron chi connectivity index (χ4n) is 1.67. The summed E-state index contributed by atoms with van der Waals surface area (Å²) in [6.45, 7) is 0.510. The van der Waals surface area contributed by atoms with Crippen LogP contribution in [0.1, 0.15) is 5.69 Å². The van der Waals surface area contributed by atoms with Crippen LogP contribution in [0.3, 0.4) is 0 Å². The van der Waals surface area contributed by atoms with Crippen molar-refractivity contribution >= 4 is 17.0 Å². The second kappa shape index (κ2) is 4.40. The van der Waals surface area contributed by atoms with Crippen molar-refractivity contribution in [2.24, 2.45) is 0 Å². The van der Waals surface area contributed by atoms with E-state index in [4.69, 9.17) is 0 Å². The van der Waals surface area contributed by atoms with Crippen LogP contribution in [0.15, 0.2) is 36.5 Å². The molecule has 2 N–H and O–H groups in total. The Balaban J connectivity index is 1.79. The molecule has 2 heterocycles. The van der Waals surface area contributed by atoms with Gasteiger partial charge in [-0.2, -0.15) is 10.2 Å². The number of imidazole rings is 1. The minimum Gasteiger partial charge on any atom is -0.350 e. The lowest BCUT2D eigenvalue weighted by atomic mass is 10.3. The van der Waals surface area contributed by atoms with Crippen LogP contribution in [0.25, 0.3) is 11.0 Å². The van der Waals surface area contributed by atoms with E-state index < -0.39 is 0 Å². The highest BCUT2D eigenvalue weighted by molar-refractivity contribution is 5.77. The van der Waals surface area contributed by atoms with Crippen LogP contribution in [-0.4, -0.2) is 20.2 Å². The molecule has 0 unspecified atom stereocenters. The highest BCUT2D eigenvalue weighted by Gasteiger charge is 2.03. The van der Waals surface area contributed by atoms with Gasteiger partial charge in [0.05, 0.1) is 23.3 Å². The lowest BCUT2D eigenvalue weighted by Crippen LogP contribution is -2.03. The quantitative estimate of drug-likeness (QED) is 0.739. The predicted molar refractivity (Wildman–Crippen MR) is 65.4 cm³/mol. The van der Waals surface area contributed by atoms with Gasteiger partial charge in [0.25, 0.3) is 0 Å². The molecule has 3 rings (SSSR count). The summed E-state index contributed by atoms with van der Waals surface area (Å²) < 4.78 is 13.0. The number of aromatic amines is 1. The van der Waals surface area contributed by atoms with Gasteiger partial charge in [0.15, 0.2) is 0 Å². The molecule has 6 heteroatoms. The summed E-state index contributed by atoms with van der Waals surface area (Å²) in [4.78, 5) is 7.28. The van der Waals surface area contributed by atoms with E-state index in [9.17, 15) is 4.39 Å². The number of aromatic nitrogens is 4. The van der Waals surface area contributed by atoms with Gasteiger partial charge in [-0.1, -0.05) is 0 Å². The molecule has 18 heavy (non-hydrogen) atoms. The molecule has 0 radical (unpaired) electrons. The fourth-order valence-corrected chi connectivity index (χ4v) is 1.67. The Morgan fingerprint density at radius 3 is 3.06 bits per heavy atom. The summed E-state index contributed by atoms with van der Waals surface area (Å²) in [5.74, 6) is 0.299. The number of fused-ring (bicyclic) bond motifs is 1. The number of hydrogen-bond acceptors (Lipinski definition) is 4. The van der Waals surface area contributed by atoms with Crippen molar-refractivity contribution in [3.63, 3.8) is 0 Å². The first kappa shape index (κ1) is 10.6. The summed E-state index contributed by atoms with van der Waals surface area (Å²) in [5, 5.41) is 10.8. The summed E-state index contributed by atoms with van der Waals surface area (Å²) >= 11 is 0. The van der Waals surface area contributed by atoms with Gasteiger partial charge in [0.1, 0.15) is 5.82 Å². The zero-order valence-electron chi connectivity index (χ0n) is 9.39. The zero-order chi connectivity index (χ0) is 12.4. The Kier molecular flexibility index (Phi) is 2.60. The van der Waals surface area contributed by atoms with Crippen molar-refractivity contribution in [1.29, 1.82) is 0 Å². The number of nitrogens with one attached hydrogen (secondary N) is 2. The maximum absolute atomic E-state index is 13.0. The van der Waals surface area contributed by atoms with E-state index in [0.29, 0.717) is 18.0 Å². The summed E-state index contributed by atoms with van der Waals surface area (Å²) in [6, 6.07) is 8.11. The number of nitrogens with zero attached hydrogens (tertiary/aromatic N) is 3. The zero-order valence-corrected chi connectivity index (χ0v) is 9.39. The normalized spacial score (nSPS) is 10.7. The highest BCUT2D eigenvalue weighted by Crippen LogP contribution is 2.15. The molecule has 0 atom stereocenters. The Bertz CT molecular complexity index is 665. The van der Waals surface area contributed by atoms with Crippen molar-refractivity contribution in [2.75, 3.05) is 5.32 Å². The molecule has 5 nitrogen and oxygen atoms in total. The van der Waals surface area contributed by atoms with E-state index in [-0.39, 0.29) is 5.82 Å². The van der Waals surface area contributed by atoms with Crippen molar-refractivity contribution in [3.05, 3.63) is 48.0 Å². The maximum Gasteiger partial charge on any atom is 0.201 e. The number of H-pyrrole nitrogens is 1. The third kappa shape index (κ3) is 2.13. The average Bonchev–Trinajstić information content (AvgIpc) is 2.79. The SMILES string of the molecule is Fc1ccc2nc(NCc3cccnn3)[nH]c2c1. The maximum atomic E-state index is 13.0. The summed E-state index contributed by atoms with van der Waals surface area (Å²) in [7, 11) is 0. The number of anilines is 1. The second-order valence-corrected chi connectivity index (χ2v) is 3.82. The lowest BCUT2D eigenvalue weighted by molar-refractivity contribution is 0.629. The van der Waals surface area contributed by atoms with Gasteiger partial charge in [0.2, 0.25) is 5.95 Å². The van der Waals surface area contributed by atoms with Crippen LogP contribution in [0.5, 0.6) is 0 Å². The standard InChI is InChI=1S/C12H10FN5/c13-8-3-4-10-11(6-8)17-12(16-10)14-7-9-2-1-5-15-18-9/h1-6H,7H2,(H2,14,16,17). The highest BCUT2D eigenvalue weighted by atomic mass is 19.1. The van der Waals surface area contributed by atoms with Crippen LogP contribution in [-0.2, 0) is 6.54 Å². The van der Waals surface area contributed by atoms with E-state index >= 15 is 0 Å². The summed E-state index contributed by atoms with van der Waals surface area (Å²) in [6.07, 6.45) is 1.62.